The number of aromatic nitrogens is 2. The number of carbonyl (C=O) groups is 1. The summed E-state index contributed by atoms with van der Waals surface area (Å²) in [6, 6.07) is 15.6. The number of rotatable bonds is 4. The highest BCUT2D eigenvalue weighted by Crippen LogP contribution is 2.09. The van der Waals surface area contributed by atoms with Gasteiger partial charge in [-0.25, -0.2) is 4.52 Å². The van der Waals surface area contributed by atoms with Crippen LogP contribution in [0.3, 0.4) is 0 Å². The van der Waals surface area contributed by atoms with Gasteiger partial charge in [0, 0.05) is 24.4 Å². The van der Waals surface area contributed by atoms with Crippen LogP contribution in [-0.2, 0) is 11.3 Å². The smallest absolute Gasteiger partial charge is 0.244 e. The fourth-order valence-corrected chi connectivity index (χ4v) is 2.10. The molecule has 4 heteroatoms. The Morgan fingerprint density at radius 1 is 1.14 bits per heavy atom. The minimum absolute atomic E-state index is 0.117. The molecule has 0 atom stereocenters. The fraction of sp³-hybridized carbons (Fsp3) is 0.0588. The lowest BCUT2D eigenvalue weighted by Crippen LogP contribution is -2.20. The van der Waals surface area contributed by atoms with Gasteiger partial charge in [-0.1, -0.05) is 36.4 Å². The number of hydrogen-bond acceptors (Lipinski definition) is 2. The summed E-state index contributed by atoms with van der Waals surface area (Å²) < 4.78 is 1.79. The molecule has 104 valence electrons. The SMILES string of the molecule is O=C(/C=C/c1ccccc1)NCc1cnn2ccccc12. The van der Waals surface area contributed by atoms with Gasteiger partial charge in [0.15, 0.2) is 0 Å². The van der Waals surface area contributed by atoms with Crippen LogP contribution in [0.4, 0.5) is 0 Å². The van der Waals surface area contributed by atoms with Crippen LogP contribution in [0.2, 0.25) is 0 Å². The lowest BCUT2D eigenvalue weighted by Gasteiger charge is -2.00. The zero-order valence-electron chi connectivity index (χ0n) is 11.4. The van der Waals surface area contributed by atoms with E-state index in [4.69, 9.17) is 0 Å². The molecule has 0 aliphatic carbocycles. The highest BCUT2D eigenvalue weighted by atomic mass is 16.1. The van der Waals surface area contributed by atoms with Crippen molar-refractivity contribution in [1.29, 1.82) is 0 Å². The van der Waals surface area contributed by atoms with Crippen molar-refractivity contribution < 1.29 is 4.79 Å². The maximum Gasteiger partial charge on any atom is 0.244 e. The topological polar surface area (TPSA) is 46.4 Å². The molecular formula is C17H15N3O. The molecule has 0 saturated heterocycles. The number of pyridine rings is 1. The van der Waals surface area contributed by atoms with E-state index >= 15 is 0 Å². The molecule has 3 aromatic rings. The van der Waals surface area contributed by atoms with Gasteiger partial charge in [0.2, 0.25) is 5.91 Å². The van der Waals surface area contributed by atoms with Crippen LogP contribution in [0.15, 0.2) is 67.0 Å². The van der Waals surface area contributed by atoms with E-state index in [-0.39, 0.29) is 5.91 Å². The van der Waals surface area contributed by atoms with Crippen molar-refractivity contribution in [2.75, 3.05) is 0 Å². The Labute approximate surface area is 122 Å². The minimum atomic E-state index is -0.117. The maximum atomic E-state index is 11.8. The zero-order valence-corrected chi connectivity index (χ0v) is 11.4. The average Bonchev–Trinajstić information content (AvgIpc) is 2.95. The summed E-state index contributed by atoms with van der Waals surface area (Å²) in [7, 11) is 0. The normalized spacial score (nSPS) is 11.0. The van der Waals surface area contributed by atoms with E-state index in [1.807, 2.05) is 54.7 Å². The standard InChI is InChI=1S/C17H15N3O/c21-17(10-9-14-6-2-1-3-7-14)18-12-15-13-19-20-11-5-4-8-16(15)20/h1-11,13H,12H2,(H,18,21)/b10-9+. The van der Waals surface area contributed by atoms with E-state index in [0.717, 1.165) is 16.6 Å². The Hall–Kier alpha value is -2.88. The molecule has 0 radical (unpaired) electrons. The van der Waals surface area contributed by atoms with Crippen LogP contribution < -0.4 is 5.32 Å². The van der Waals surface area contributed by atoms with Crippen LogP contribution in [0.25, 0.3) is 11.6 Å². The Balaban J connectivity index is 1.62. The molecule has 1 aromatic carbocycles. The molecule has 0 fully saturated rings. The highest BCUT2D eigenvalue weighted by molar-refractivity contribution is 5.91. The molecule has 1 amide bonds. The lowest BCUT2D eigenvalue weighted by atomic mass is 10.2. The summed E-state index contributed by atoms with van der Waals surface area (Å²) in [4.78, 5) is 11.8. The third-order valence-electron chi connectivity index (χ3n) is 3.19. The van der Waals surface area contributed by atoms with Crippen molar-refractivity contribution in [2.45, 2.75) is 6.54 Å². The number of amides is 1. The number of benzene rings is 1. The number of nitrogens with one attached hydrogen (secondary N) is 1. The third-order valence-corrected chi connectivity index (χ3v) is 3.19. The summed E-state index contributed by atoms with van der Waals surface area (Å²) >= 11 is 0. The second-order valence-corrected chi connectivity index (χ2v) is 4.66. The van der Waals surface area contributed by atoms with Gasteiger partial charge < -0.3 is 5.32 Å². The van der Waals surface area contributed by atoms with Gasteiger partial charge >= 0.3 is 0 Å². The second-order valence-electron chi connectivity index (χ2n) is 4.66. The first-order valence-corrected chi connectivity index (χ1v) is 6.75. The van der Waals surface area contributed by atoms with Gasteiger partial charge in [0.25, 0.3) is 0 Å². The first-order chi connectivity index (χ1) is 10.3. The van der Waals surface area contributed by atoms with Crippen molar-refractivity contribution >= 4 is 17.5 Å². The molecule has 0 spiro atoms. The van der Waals surface area contributed by atoms with Crippen molar-refractivity contribution in [1.82, 2.24) is 14.9 Å². The second kappa shape index (κ2) is 6.05. The maximum absolute atomic E-state index is 11.8. The molecule has 0 aliphatic rings. The predicted octanol–water partition coefficient (Wildman–Crippen LogP) is 2.66. The monoisotopic (exact) mass is 277 g/mol. The number of carbonyl (C=O) groups excluding carboxylic acids is 1. The van der Waals surface area contributed by atoms with Crippen molar-refractivity contribution in [3.8, 4) is 0 Å². The van der Waals surface area contributed by atoms with E-state index < -0.39 is 0 Å². The molecule has 1 N–H and O–H groups in total. The highest BCUT2D eigenvalue weighted by Gasteiger charge is 2.03. The zero-order chi connectivity index (χ0) is 14.5. The molecule has 2 aromatic heterocycles. The fourth-order valence-electron chi connectivity index (χ4n) is 2.10. The Morgan fingerprint density at radius 2 is 1.95 bits per heavy atom. The summed E-state index contributed by atoms with van der Waals surface area (Å²) in [5.41, 5.74) is 3.01. The Morgan fingerprint density at radius 3 is 2.81 bits per heavy atom. The number of fused-ring (bicyclic) bond motifs is 1. The molecule has 0 unspecified atom stereocenters. The third kappa shape index (κ3) is 3.17. The van der Waals surface area contributed by atoms with Gasteiger partial charge in [0.1, 0.15) is 0 Å². The van der Waals surface area contributed by atoms with Gasteiger partial charge in [-0.2, -0.15) is 5.10 Å². The van der Waals surface area contributed by atoms with Crippen molar-refractivity contribution in [3.63, 3.8) is 0 Å². The van der Waals surface area contributed by atoms with E-state index in [0.29, 0.717) is 6.54 Å². The first-order valence-electron chi connectivity index (χ1n) is 6.75. The molecule has 21 heavy (non-hydrogen) atoms. The van der Waals surface area contributed by atoms with Gasteiger partial charge in [0.05, 0.1) is 11.7 Å². The van der Waals surface area contributed by atoms with Crippen molar-refractivity contribution in [3.05, 3.63) is 78.1 Å². The van der Waals surface area contributed by atoms with Crippen LogP contribution >= 0.6 is 0 Å². The van der Waals surface area contributed by atoms with Gasteiger partial charge in [-0.05, 0) is 23.8 Å². The van der Waals surface area contributed by atoms with Crippen LogP contribution in [0.5, 0.6) is 0 Å². The van der Waals surface area contributed by atoms with Crippen LogP contribution in [0.1, 0.15) is 11.1 Å². The molecule has 2 heterocycles. The minimum Gasteiger partial charge on any atom is -0.348 e. The molecule has 4 nitrogen and oxygen atoms in total. The van der Waals surface area contributed by atoms with Gasteiger partial charge in [-0.15, -0.1) is 0 Å². The van der Waals surface area contributed by atoms with Crippen LogP contribution in [0, 0.1) is 0 Å². The molecule has 0 saturated carbocycles. The molecule has 0 aliphatic heterocycles. The van der Waals surface area contributed by atoms with E-state index in [2.05, 4.69) is 10.4 Å². The number of hydrogen-bond donors (Lipinski definition) is 1. The van der Waals surface area contributed by atoms with E-state index in [1.165, 1.54) is 0 Å². The predicted molar refractivity (Wildman–Crippen MR) is 82.5 cm³/mol. The molecule has 3 rings (SSSR count). The lowest BCUT2D eigenvalue weighted by molar-refractivity contribution is -0.116. The summed E-state index contributed by atoms with van der Waals surface area (Å²) in [5, 5.41) is 7.11. The quantitative estimate of drug-likeness (QED) is 0.745. The summed E-state index contributed by atoms with van der Waals surface area (Å²) in [5.74, 6) is -0.117. The summed E-state index contributed by atoms with van der Waals surface area (Å²) in [6.07, 6.45) is 7.00. The van der Waals surface area contributed by atoms with E-state index in [1.54, 1.807) is 22.9 Å². The molecular weight excluding hydrogens is 262 g/mol. The summed E-state index contributed by atoms with van der Waals surface area (Å²) in [6.45, 7) is 0.464. The molecule has 0 bridgehead atoms. The average molecular weight is 277 g/mol. The Bertz CT molecular complexity index is 775. The van der Waals surface area contributed by atoms with E-state index in [9.17, 15) is 4.79 Å². The largest absolute Gasteiger partial charge is 0.348 e. The van der Waals surface area contributed by atoms with Gasteiger partial charge in [-0.3, -0.25) is 4.79 Å². The number of nitrogens with zero attached hydrogens (tertiary/aromatic N) is 2. The van der Waals surface area contributed by atoms with Crippen LogP contribution in [-0.4, -0.2) is 15.5 Å². The van der Waals surface area contributed by atoms with Crippen molar-refractivity contribution in [2.24, 2.45) is 0 Å². The first kappa shape index (κ1) is 13.1. The Kier molecular flexibility index (Phi) is 3.78.